The van der Waals surface area contributed by atoms with E-state index < -0.39 is 37.6 Å². The molecule has 0 saturated carbocycles. The van der Waals surface area contributed by atoms with Crippen molar-refractivity contribution in [2.75, 3.05) is 0 Å². The van der Waals surface area contributed by atoms with Gasteiger partial charge in [0.25, 0.3) is 0 Å². The fraction of sp³-hybridized carbons (Fsp3) is 1.00. The van der Waals surface area contributed by atoms with Gasteiger partial charge in [-0.2, -0.15) is 0 Å². The van der Waals surface area contributed by atoms with Gasteiger partial charge in [0.1, 0.15) is 0 Å². The van der Waals surface area contributed by atoms with Gasteiger partial charge in [-0.3, -0.25) is 0 Å². The molecule has 0 N–H and O–H groups in total. The monoisotopic (exact) mass is 598 g/mol. The molecule has 0 aromatic rings. The van der Waals surface area contributed by atoms with Crippen LogP contribution in [0.2, 0.25) is 26.6 Å². The van der Waals surface area contributed by atoms with Crippen molar-refractivity contribution in [1.29, 1.82) is 0 Å². The van der Waals surface area contributed by atoms with Crippen LogP contribution in [0.4, 0.5) is 0 Å². The molecule has 0 rings (SSSR count). The minimum absolute atomic E-state index is 0.791. The Hall–Kier alpha value is 1.56. The summed E-state index contributed by atoms with van der Waals surface area (Å²) < 4.78 is 16.6. The molecule has 0 aliphatic carbocycles. The summed E-state index contributed by atoms with van der Waals surface area (Å²) in [5.74, 6) is 4.75. The summed E-state index contributed by atoms with van der Waals surface area (Å²) in [6.45, 7) is 29.3. The van der Waals surface area contributed by atoms with E-state index in [1.807, 2.05) is 0 Å². The van der Waals surface area contributed by atoms with Gasteiger partial charge < -0.3 is 0 Å². The summed E-state index contributed by atoms with van der Waals surface area (Å²) in [5.41, 5.74) is 0. The fourth-order valence-electron chi connectivity index (χ4n) is 5.67. The molecule has 0 saturated heterocycles. The molecule has 0 heterocycles. The first-order valence-corrected chi connectivity index (χ1v) is 26.3. The average Bonchev–Trinajstić information content (AvgIpc) is 2.30. The van der Waals surface area contributed by atoms with Crippen molar-refractivity contribution < 1.29 is 1.41 Å². The molecule has 0 fully saturated rings. The summed E-state index contributed by atoms with van der Waals surface area (Å²) in [6.07, 6.45) is 0. The van der Waals surface area contributed by atoms with E-state index in [1.165, 1.54) is 26.6 Å². The Morgan fingerprint density at radius 1 is 0.370 bits per heavy atom. The Morgan fingerprint density at radius 2 is 0.519 bits per heavy atom. The van der Waals surface area contributed by atoms with E-state index in [2.05, 4.69) is 83.1 Å². The van der Waals surface area contributed by atoms with Crippen LogP contribution < -0.4 is 0 Å². The van der Waals surface area contributed by atoms with Crippen molar-refractivity contribution in [3.05, 3.63) is 0 Å². The molecule has 0 bridgehead atoms. The van der Waals surface area contributed by atoms with Gasteiger partial charge in [0.15, 0.2) is 0 Å². The molecule has 0 amide bonds. The first-order valence-electron chi connectivity index (χ1n) is 11.9. The molecule has 0 unspecified atom stereocenters. The van der Waals surface area contributed by atoms with E-state index in [1.54, 1.807) is 0 Å². The van der Waals surface area contributed by atoms with Gasteiger partial charge >= 0.3 is 184 Å². The number of hydrogen-bond acceptors (Lipinski definition) is 1. The fourth-order valence-corrected chi connectivity index (χ4v) is 65.2. The third-order valence-corrected chi connectivity index (χ3v) is 50.9. The third-order valence-electron chi connectivity index (χ3n) is 5.11. The first-order chi connectivity index (χ1) is 12.2. The summed E-state index contributed by atoms with van der Waals surface area (Å²) in [5, 5.41) is 0. The van der Waals surface area contributed by atoms with E-state index in [0.29, 0.717) is 0 Å². The van der Waals surface area contributed by atoms with Crippen LogP contribution in [0.15, 0.2) is 0 Å². The summed E-state index contributed by atoms with van der Waals surface area (Å²) in [6, 6.07) is 0. The first kappa shape index (κ1) is 28.6. The summed E-state index contributed by atoms with van der Waals surface area (Å²) in [4.78, 5) is 0. The second-order valence-corrected chi connectivity index (χ2v) is 37.0. The van der Waals surface area contributed by atoms with Crippen molar-refractivity contribution in [3.8, 4) is 0 Å². The van der Waals surface area contributed by atoms with Crippen LogP contribution in [0, 0.1) is 35.5 Å². The summed E-state index contributed by atoms with van der Waals surface area (Å²) in [7, 11) is 0. The third kappa shape index (κ3) is 12.8. The Labute approximate surface area is 183 Å². The zero-order valence-electron chi connectivity index (χ0n) is 21.1. The Morgan fingerprint density at radius 3 is 0.630 bits per heavy atom. The van der Waals surface area contributed by atoms with Crippen LogP contribution in [0.1, 0.15) is 83.1 Å². The molecule has 164 valence electrons. The van der Waals surface area contributed by atoms with Crippen LogP contribution in [0.5, 0.6) is 0 Å². The molecular formula is C24H54OSn2. The minimum atomic E-state index is -2.66. The molecule has 0 aromatic heterocycles. The molecule has 0 aromatic carbocycles. The van der Waals surface area contributed by atoms with Crippen molar-refractivity contribution in [2.45, 2.75) is 110 Å². The topological polar surface area (TPSA) is 9.23 Å². The molecule has 0 atom stereocenters. The predicted molar refractivity (Wildman–Crippen MR) is 130 cm³/mol. The van der Waals surface area contributed by atoms with Crippen molar-refractivity contribution in [1.82, 2.24) is 0 Å². The van der Waals surface area contributed by atoms with E-state index in [9.17, 15) is 0 Å². The van der Waals surface area contributed by atoms with Gasteiger partial charge in [0.2, 0.25) is 0 Å². The number of hydrogen-bond donors (Lipinski definition) is 0. The van der Waals surface area contributed by atoms with Crippen molar-refractivity contribution in [2.24, 2.45) is 35.5 Å². The zero-order valence-corrected chi connectivity index (χ0v) is 26.8. The van der Waals surface area contributed by atoms with Crippen molar-refractivity contribution >= 4 is 37.6 Å². The van der Waals surface area contributed by atoms with Gasteiger partial charge in [0.05, 0.1) is 0 Å². The molecule has 0 spiro atoms. The summed E-state index contributed by atoms with van der Waals surface area (Å²) >= 11 is -5.33. The molecule has 27 heavy (non-hydrogen) atoms. The van der Waals surface area contributed by atoms with Gasteiger partial charge in [-0.05, 0) is 0 Å². The average molecular weight is 596 g/mol. The van der Waals surface area contributed by atoms with E-state index in [0.717, 1.165) is 35.5 Å². The Bertz CT molecular complexity index is 297. The van der Waals surface area contributed by atoms with Crippen LogP contribution in [0.25, 0.3) is 0 Å². The van der Waals surface area contributed by atoms with Crippen LogP contribution >= 0.6 is 0 Å². The maximum absolute atomic E-state index is 7.91. The molecule has 0 radical (unpaired) electrons. The van der Waals surface area contributed by atoms with Crippen LogP contribution in [-0.4, -0.2) is 37.6 Å². The quantitative estimate of drug-likeness (QED) is 0.182. The van der Waals surface area contributed by atoms with Gasteiger partial charge in [-0.1, -0.05) is 0 Å². The standard InChI is InChI=1S/6C4H9.O.2Sn/c6*1-4(2)3;;;/h6*4H,1H2,2-3H3;;;. The second-order valence-electron chi connectivity index (χ2n) is 12.1. The Balaban J connectivity index is 6.14. The number of rotatable bonds is 14. The van der Waals surface area contributed by atoms with Gasteiger partial charge in [-0.15, -0.1) is 0 Å². The van der Waals surface area contributed by atoms with E-state index in [4.69, 9.17) is 1.41 Å². The maximum atomic E-state index is 7.91. The molecule has 0 aliphatic rings. The second kappa shape index (κ2) is 13.1. The van der Waals surface area contributed by atoms with Crippen LogP contribution in [-0.2, 0) is 1.41 Å². The Kier molecular flexibility index (Phi) is 13.8. The molecular weight excluding hydrogens is 542 g/mol. The predicted octanol–water partition coefficient (Wildman–Crippen LogP) is 8.83. The van der Waals surface area contributed by atoms with Crippen LogP contribution in [0.3, 0.4) is 0 Å². The van der Waals surface area contributed by atoms with Gasteiger partial charge in [-0.25, -0.2) is 0 Å². The normalized spacial score (nSPS) is 14.0. The van der Waals surface area contributed by atoms with E-state index >= 15 is 0 Å². The molecule has 1 nitrogen and oxygen atoms in total. The van der Waals surface area contributed by atoms with E-state index in [-0.39, 0.29) is 0 Å². The SMILES string of the molecule is CC(C)[CH2][Sn]([CH2]C(C)C)([CH2]C(C)C)[O][Sn]([CH2]C(C)C)([CH2]C(C)C)[CH2]C(C)C. The molecule has 3 heteroatoms. The van der Waals surface area contributed by atoms with Crippen molar-refractivity contribution in [3.63, 3.8) is 0 Å². The zero-order chi connectivity index (χ0) is 21.4. The molecule has 0 aliphatic heterocycles. The van der Waals surface area contributed by atoms with Gasteiger partial charge in [0, 0.05) is 0 Å².